The molecule has 8 heteroatoms. The molecule has 1 fully saturated rings. The molecule has 1 aromatic carbocycles. The molecular formula is C18H24ClN5O2. The van der Waals surface area contributed by atoms with Gasteiger partial charge in [0.25, 0.3) is 5.91 Å². The number of methoxy groups -OCH3 is 1. The minimum Gasteiger partial charge on any atom is -0.398 e. The number of halogens is 1. The zero-order chi connectivity index (χ0) is 18.5. The number of H-pyrrole nitrogens is 1. The van der Waals surface area contributed by atoms with E-state index in [1.807, 2.05) is 0 Å². The summed E-state index contributed by atoms with van der Waals surface area (Å²) in [6.45, 7) is 3.55. The number of likely N-dealkylation sites (tertiary alicyclic amines) is 1. The van der Waals surface area contributed by atoms with Crippen LogP contribution in [0.15, 0.2) is 30.5 Å². The molecule has 2 heterocycles. The van der Waals surface area contributed by atoms with Gasteiger partial charge in [0.1, 0.15) is 5.69 Å². The van der Waals surface area contributed by atoms with Crippen molar-refractivity contribution in [1.82, 2.24) is 20.0 Å². The van der Waals surface area contributed by atoms with Crippen molar-refractivity contribution in [2.75, 3.05) is 39.0 Å². The minimum absolute atomic E-state index is 0.121. The quantitative estimate of drug-likeness (QED) is 0.721. The van der Waals surface area contributed by atoms with Gasteiger partial charge in [-0.15, -0.1) is 0 Å². The largest absolute Gasteiger partial charge is 0.398 e. The number of nitrogens with two attached hydrogens (primary N) is 1. The van der Waals surface area contributed by atoms with Crippen molar-refractivity contribution in [2.24, 2.45) is 0 Å². The molecule has 0 bridgehead atoms. The van der Waals surface area contributed by atoms with Gasteiger partial charge in [-0.1, -0.05) is 17.7 Å². The third kappa shape index (κ3) is 4.35. The maximum Gasteiger partial charge on any atom is 0.272 e. The molecule has 0 spiro atoms. The second-order valence-electron chi connectivity index (χ2n) is 6.45. The Labute approximate surface area is 158 Å². The highest BCUT2D eigenvalue weighted by Crippen LogP contribution is 2.24. The van der Waals surface area contributed by atoms with E-state index in [0.717, 1.165) is 31.6 Å². The first kappa shape index (κ1) is 18.7. The Morgan fingerprint density at radius 1 is 1.50 bits per heavy atom. The zero-order valence-electron chi connectivity index (χ0n) is 14.8. The van der Waals surface area contributed by atoms with Crippen LogP contribution in [0.25, 0.3) is 0 Å². The number of hydrogen-bond donors (Lipinski definition) is 2. The first-order valence-corrected chi connectivity index (χ1v) is 9.03. The standard InChI is InChI=1S/C18H24ClN5O2/c1-26-13-6-8-23(11-13)9-10-24(18(25)17-5-7-21-22-17)12-14-15(19)3-2-4-16(14)20/h2-5,7,13H,6,8-12,20H2,1H3,(H,21,22). The van der Waals surface area contributed by atoms with E-state index in [9.17, 15) is 4.79 Å². The number of anilines is 1. The number of carbonyl (C=O) groups is 1. The molecule has 0 aliphatic carbocycles. The molecule has 7 nitrogen and oxygen atoms in total. The lowest BCUT2D eigenvalue weighted by Gasteiger charge is -2.26. The Bertz CT molecular complexity index is 717. The summed E-state index contributed by atoms with van der Waals surface area (Å²) in [5.74, 6) is -0.121. The van der Waals surface area contributed by atoms with Crippen molar-refractivity contribution in [2.45, 2.75) is 19.1 Å². The number of amides is 1. The molecule has 3 N–H and O–H groups in total. The number of carbonyl (C=O) groups excluding carboxylic acids is 1. The first-order chi connectivity index (χ1) is 12.6. The Kier molecular flexibility index (Phi) is 6.13. The second-order valence-corrected chi connectivity index (χ2v) is 6.86. The fourth-order valence-corrected chi connectivity index (χ4v) is 3.43. The van der Waals surface area contributed by atoms with Gasteiger partial charge in [0.15, 0.2) is 0 Å². The first-order valence-electron chi connectivity index (χ1n) is 8.65. The van der Waals surface area contributed by atoms with Crippen LogP contribution in [0.1, 0.15) is 22.5 Å². The maximum atomic E-state index is 12.9. The molecule has 1 aliphatic heterocycles. The highest BCUT2D eigenvalue weighted by molar-refractivity contribution is 6.31. The van der Waals surface area contributed by atoms with Crippen LogP contribution in [-0.4, -0.2) is 65.3 Å². The summed E-state index contributed by atoms with van der Waals surface area (Å²) in [5.41, 5.74) is 7.87. The molecule has 1 aliphatic rings. The molecule has 1 unspecified atom stereocenters. The van der Waals surface area contributed by atoms with Crippen molar-refractivity contribution in [3.05, 3.63) is 46.7 Å². The fourth-order valence-electron chi connectivity index (χ4n) is 3.19. The SMILES string of the molecule is COC1CCN(CCN(Cc2c(N)cccc2Cl)C(=O)c2ccn[nH]2)C1. The normalized spacial score (nSPS) is 17.5. The molecule has 26 heavy (non-hydrogen) atoms. The Morgan fingerprint density at radius 2 is 2.35 bits per heavy atom. The number of ether oxygens (including phenoxy) is 1. The van der Waals surface area contributed by atoms with E-state index in [-0.39, 0.29) is 12.0 Å². The molecule has 0 saturated carbocycles. The van der Waals surface area contributed by atoms with Crippen LogP contribution in [0.3, 0.4) is 0 Å². The Hall–Kier alpha value is -2.09. The fraction of sp³-hybridized carbons (Fsp3) is 0.444. The zero-order valence-corrected chi connectivity index (χ0v) is 15.6. The van der Waals surface area contributed by atoms with Gasteiger partial charge in [-0.3, -0.25) is 14.8 Å². The second kappa shape index (κ2) is 8.53. The van der Waals surface area contributed by atoms with Crippen LogP contribution < -0.4 is 5.73 Å². The summed E-state index contributed by atoms with van der Waals surface area (Å²) in [7, 11) is 1.74. The van der Waals surface area contributed by atoms with Crippen LogP contribution in [0, 0.1) is 0 Å². The predicted octanol–water partition coefficient (Wildman–Crippen LogP) is 2.01. The molecule has 3 rings (SSSR count). The average molecular weight is 378 g/mol. The van der Waals surface area contributed by atoms with Crippen molar-refractivity contribution in [3.8, 4) is 0 Å². The third-order valence-electron chi connectivity index (χ3n) is 4.77. The molecule has 1 amide bonds. The lowest BCUT2D eigenvalue weighted by molar-refractivity contribution is 0.0712. The number of aromatic amines is 1. The molecule has 2 aromatic rings. The third-order valence-corrected chi connectivity index (χ3v) is 5.13. The molecule has 1 atom stereocenters. The van der Waals surface area contributed by atoms with Crippen molar-refractivity contribution in [1.29, 1.82) is 0 Å². The number of nitrogen functional groups attached to an aromatic ring is 1. The number of hydrogen-bond acceptors (Lipinski definition) is 5. The van der Waals surface area contributed by atoms with Crippen LogP contribution in [0.4, 0.5) is 5.69 Å². The smallest absolute Gasteiger partial charge is 0.272 e. The molecule has 0 radical (unpaired) electrons. The van der Waals surface area contributed by atoms with Gasteiger partial charge in [-0.2, -0.15) is 5.10 Å². The number of benzene rings is 1. The lowest BCUT2D eigenvalue weighted by atomic mass is 10.1. The van der Waals surface area contributed by atoms with Gasteiger partial charge in [0.05, 0.1) is 6.10 Å². The minimum atomic E-state index is -0.121. The van der Waals surface area contributed by atoms with E-state index < -0.39 is 0 Å². The van der Waals surface area contributed by atoms with Gasteiger partial charge in [-0.05, 0) is 24.6 Å². The van der Waals surface area contributed by atoms with Crippen LogP contribution in [0.5, 0.6) is 0 Å². The summed E-state index contributed by atoms with van der Waals surface area (Å²) in [6, 6.07) is 7.05. The lowest BCUT2D eigenvalue weighted by Crippen LogP contribution is -2.38. The van der Waals surface area contributed by atoms with Gasteiger partial charge in [0.2, 0.25) is 0 Å². The van der Waals surface area contributed by atoms with Crippen molar-refractivity contribution >= 4 is 23.2 Å². The number of rotatable bonds is 7. The van der Waals surface area contributed by atoms with Crippen molar-refractivity contribution < 1.29 is 9.53 Å². The maximum absolute atomic E-state index is 12.9. The van der Waals surface area contributed by atoms with E-state index in [1.54, 1.807) is 42.5 Å². The summed E-state index contributed by atoms with van der Waals surface area (Å²) >= 11 is 6.30. The van der Waals surface area contributed by atoms with Crippen LogP contribution >= 0.6 is 11.6 Å². The Balaban J connectivity index is 1.73. The van der Waals surface area contributed by atoms with Crippen LogP contribution in [0.2, 0.25) is 5.02 Å². The average Bonchev–Trinajstić information content (AvgIpc) is 3.32. The van der Waals surface area contributed by atoms with Gasteiger partial charge in [0, 0.05) is 62.3 Å². The number of aromatic nitrogens is 2. The summed E-state index contributed by atoms with van der Waals surface area (Å²) in [5, 5.41) is 7.18. The van der Waals surface area contributed by atoms with E-state index in [2.05, 4.69) is 15.1 Å². The van der Waals surface area contributed by atoms with Crippen molar-refractivity contribution in [3.63, 3.8) is 0 Å². The highest BCUT2D eigenvalue weighted by atomic mass is 35.5. The summed E-state index contributed by atoms with van der Waals surface area (Å²) < 4.78 is 5.41. The van der Waals surface area contributed by atoms with E-state index in [1.165, 1.54) is 0 Å². The van der Waals surface area contributed by atoms with E-state index >= 15 is 0 Å². The van der Waals surface area contributed by atoms with E-state index in [4.69, 9.17) is 22.1 Å². The summed E-state index contributed by atoms with van der Waals surface area (Å²) in [6.07, 6.45) is 2.85. The van der Waals surface area contributed by atoms with Crippen LogP contribution in [-0.2, 0) is 11.3 Å². The van der Waals surface area contributed by atoms with Gasteiger partial charge >= 0.3 is 0 Å². The molecular weight excluding hydrogens is 354 g/mol. The number of nitrogens with zero attached hydrogens (tertiary/aromatic N) is 3. The molecule has 1 aromatic heterocycles. The summed E-state index contributed by atoms with van der Waals surface area (Å²) in [4.78, 5) is 16.9. The molecule has 140 valence electrons. The number of nitrogens with one attached hydrogen (secondary N) is 1. The van der Waals surface area contributed by atoms with E-state index in [0.29, 0.717) is 29.5 Å². The molecule has 1 saturated heterocycles. The topological polar surface area (TPSA) is 87.5 Å². The predicted molar refractivity (Wildman–Crippen MR) is 101 cm³/mol. The Morgan fingerprint density at radius 3 is 3.00 bits per heavy atom. The highest BCUT2D eigenvalue weighted by Gasteiger charge is 2.24. The van der Waals surface area contributed by atoms with Gasteiger partial charge in [-0.25, -0.2) is 0 Å². The monoisotopic (exact) mass is 377 g/mol. The van der Waals surface area contributed by atoms with Gasteiger partial charge < -0.3 is 15.4 Å².